The topological polar surface area (TPSA) is 65.5 Å². The van der Waals surface area contributed by atoms with E-state index in [2.05, 4.69) is 19.5 Å². The molecular weight excluding hydrogens is 386 g/mol. The van der Waals surface area contributed by atoms with E-state index < -0.39 is 21.7 Å². The number of aromatic nitrogens is 1. The van der Waals surface area contributed by atoms with Crippen molar-refractivity contribution < 1.29 is 17.2 Å². The molecule has 1 atom stereocenters. The Balaban J connectivity index is 1.44. The number of halogens is 2. The minimum absolute atomic E-state index is 0.0312. The van der Waals surface area contributed by atoms with E-state index in [1.165, 1.54) is 31.2 Å². The van der Waals surface area contributed by atoms with Crippen LogP contribution in [-0.2, 0) is 10.0 Å². The van der Waals surface area contributed by atoms with Crippen LogP contribution in [0.5, 0.6) is 0 Å². The van der Waals surface area contributed by atoms with Gasteiger partial charge < -0.3 is 4.90 Å². The molecule has 2 aromatic rings. The molecule has 2 saturated heterocycles. The highest BCUT2D eigenvalue weighted by molar-refractivity contribution is 7.92. The fraction of sp³-hybridized carbons (Fsp3) is 0.421. The van der Waals surface area contributed by atoms with Crippen LogP contribution in [0.2, 0.25) is 0 Å². The van der Waals surface area contributed by atoms with Crippen molar-refractivity contribution in [3.63, 3.8) is 0 Å². The zero-order chi connectivity index (χ0) is 19.7. The van der Waals surface area contributed by atoms with E-state index >= 15 is 0 Å². The Kier molecular flexibility index (Phi) is 5.20. The Morgan fingerprint density at radius 1 is 1.04 bits per heavy atom. The van der Waals surface area contributed by atoms with Crippen LogP contribution in [0, 0.1) is 11.6 Å². The molecule has 4 rings (SSSR count). The number of sulfonamides is 1. The van der Waals surface area contributed by atoms with Gasteiger partial charge in [0.1, 0.15) is 10.7 Å². The molecule has 9 heteroatoms. The van der Waals surface area contributed by atoms with Gasteiger partial charge in [0.05, 0.1) is 5.69 Å². The second kappa shape index (κ2) is 7.63. The van der Waals surface area contributed by atoms with E-state index in [1.54, 1.807) is 6.07 Å². The normalized spacial score (nSPS) is 20.6. The van der Waals surface area contributed by atoms with E-state index in [0.29, 0.717) is 6.04 Å². The lowest BCUT2D eigenvalue weighted by atomic mass is 10.2. The smallest absolute Gasteiger partial charge is 0.263 e. The number of rotatable bonds is 5. The van der Waals surface area contributed by atoms with Crippen molar-refractivity contribution in [2.24, 2.45) is 0 Å². The van der Waals surface area contributed by atoms with Gasteiger partial charge in [-0.2, -0.15) is 0 Å². The lowest BCUT2D eigenvalue weighted by Crippen LogP contribution is -2.35. The molecule has 0 aliphatic carbocycles. The molecule has 0 amide bonds. The number of pyridine rings is 1. The lowest BCUT2D eigenvalue weighted by Gasteiger charge is -2.24. The minimum Gasteiger partial charge on any atom is -0.355 e. The van der Waals surface area contributed by atoms with E-state index in [9.17, 15) is 17.2 Å². The van der Waals surface area contributed by atoms with Crippen LogP contribution in [0.4, 0.5) is 20.3 Å². The van der Waals surface area contributed by atoms with Crippen molar-refractivity contribution >= 4 is 21.5 Å². The third-order valence-corrected chi connectivity index (χ3v) is 6.71. The van der Waals surface area contributed by atoms with Crippen molar-refractivity contribution in [2.45, 2.75) is 30.2 Å². The SMILES string of the molecule is O=S(=O)(Nc1ccc(F)c(F)c1)c1ccc(N2CCC(N3CCCC3)C2)nc1. The molecule has 3 heterocycles. The summed E-state index contributed by atoms with van der Waals surface area (Å²) in [5.74, 6) is -1.41. The van der Waals surface area contributed by atoms with Crippen LogP contribution in [0.15, 0.2) is 41.4 Å². The van der Waals surface area contributed by atoms with Gasteiger partial charge in [0.15, 0.2) is 11.6 Å². The van der Waals surface area contributed by atoms with Gasteiger partial charge in [-0.05, 0) is 56.6 Å². The van der Waals surface area contributed by atoms with Gasteiger partial charge in [-0.15, -0.1) is 0 Å². The zero-order valence-corrected chi connectivity index (χ0v) is 16.1. The second-order valence-corrected chi connectivity index (χ2v) is 8.90. The van der Waals surface area contributed by atoms with Crippen LogP contribution in [0.3, 0.4) is 0 Å². The molecule has 150 valence electrons. The summed E-state index contributed by atoms with van der Waals surface area (Å²) >= 11 is 0. The molecule has 2 aliphatic heterocycles. The standard InChI is InChI=1S/C19H22F2N4O2S/c20-17-5-3-14(11-18(17)21)23-28(26,27)16-4-6-19(22-12-16)25-10-7-15(13-25)24-8-1-2-9-24/h3-6,11-12,15,23H,1-2,7-10,13H2. The Hall–Kier alpha value is -2.26. The number of hydrogen-bond acceptors (Lipinski definition) is 5. The first-order valence-corrected chi connectivity index (χ1v) is 10.8. The van der Waals surface area contributed by atoms with Crippen molar-refractivity contribution in [2.75, 3.05) is 35.8 Å². The Morgan fingerprint density at radius 3 is 2.50 bits per heavy atom. The first kappa shape index (κ1) is 19.1. The van der Waals surface area contributed by atoms with Gasteiger partial charge in [0.25, 0.3) is 10.0 Å². The lowest BCUT2D eigenvalue weighted by molar-refractivity contribution is 0.260. The van der Waals surface area contributed by atoms with Crippen molar-refractivity contribution in [3.8, 4) is 0 Å². The summed E-state index contributed by atoms with van der Waals surface area (Å²) in [5, 5.41) is 0. The summed E-state index contributed by atoms with van der Waals surface area (Å²) in [4.78, 5) is 8.97. The Morgan fingerprint density at radius 2 is 1.82 bits per heavy atom. The maximum absolute atomic E-state index is 13.3. The largest absolute Gasteiger partial charge is 0.355 e. The molecule has 2 fully saturated rings. The van der Waals surface area contributed by atoms with Gasteiger partial charge in [-0.1, -0.05) is 0 Å². The monoisotopic (exact) mass is 408 g/mol. The third-order valence-electron chi connectivity index (χ3n) is 5.35. The first-order chi connectivity index (χ1) is 13.4. The fourth-order valence-corrected chi connectivity index (χ4v) is 4.84. The van der Waals surface area contributed by atoms with Gasteiger partial charge in [-0.25, -0.2) is 22.2 Å². The van der Waals surface area contributed by atoms with E-state index in [0.717, 1.165) is 50.6 Å². The molecule has 0 radical (unpaired) electrons. The van der Waals surface area contributed by atoms with Crippen LogP contribution >= 0.6 is 0 Å². The fourth-order valence-electron chi connectivity index (χ4n) is 3.85. The molecule has 28 heavy (non-hydrogen) atoms. The van der Waals surface area contributed by atoms with Gasteiger partial charge in [0, 0.05) is 31.4 Å². The molecule has 1 aromatic carbocycles. The summed E-state index contributed by atoms with van der Waals surface area (Å²) in [7, 11) is -3.94. The Bertz CT molecular complexity index is 947. The number of nitrogens with zero attached hydrogens (tertiary/aromatic N) is 3. The maximum Gasteiger partial charge on any atom is 0.263 e. The molecular formula is C19H22F2N4O2S. The summed E-state index contributed by atoms with van der Waals surface area (Å²) in [5.41, 5.74) is -0.0454. The van der Waals surface area contributed by atoms with Crippen LogP contribution in [0.1, 0.15) is 19.3 Å². The first-order valence-electron chi connectivity index (χ1n) is 9.35. The number of benzene rings is 1. The number of likely N-dealkylation sites (tertiary alicyclic amines) is 1. The van der Waals surface area contributed by atoms with Crippen LogP contribution in [0.25, 0.3) is 0 Å². The average Bonchev–Trinajstić information content (AvgIpc) is 3.36. The highest BCUT2D eigenvalue weighted by atomic mass is 32.2. The predicted molar refractivity (Wildman–Crippen MR) is 103 cm³/mol. The summed E-state index contributed by atoms with van der Waals surface area (Å²) in [6.45, 7) is 4.09. The van der Waals surface area contributed by atoms with Crippen molar-refractivity contribution in [1.82, 2.24) is 9.88 Å². The van der Waals surface area contributed by atoms with Gasteiger partial charge in [0.2, 0.25) is 0 Å². The average molecular weight is 408 g/mol. The molecule has 1 aromatic heterocycles. The molecule has 0 spiro atoms. The highest BCUT2D eigenvalue weighted by Crippen LogP contribution is 2.25. The zero-order valence-electron chi connectivity index (χ0n) is 15.3. The van der Waals surface area contributed by atoms with Crippen molar-refractivity contribution in [1.29, 1.82) is 0 Å². The van der Waals surface area contributed by atoms with E-state index in [1.807, 2.05) is 0 Å². The van der Waals surface area contributed by atoms with Crippen molar-refractivity contribution in [3.05, 3.63) is 48.2 Å². The summed E-state index contributed by atoms with van der Waals surface area (Å²) in [6.07, 6.45) is 4.89. The third kappa shape index (κ3) is 3.95. The van der Waals surface area contributed by atoms with Gasteiger partial charge >= 0.3 is 0 Å². The molecule has 0 bridgehead atoms. The van der Waals surface area contributed by atoms with Crippen LogP contribution < -0.4 is 9.62 Å². The summed E-state index contributed by atoms with van der Waals surface area (Å²) < 4.78 is 53.5. The number of hydrogen-bond donors (Lipinski definition) is 1. The number of nitrogens with one attached hydrogen (secondary N) is 1. The molecule has 6 nitrogen and oxygen atoms in total. The maximum atomic E-state index is 13.3. The second-order valence-electron chi connectivity index (χ2n) is 7.22. The summed E-state index contributed by atoms with van der Waals surface area (Å²) in [6, 6.07) is 6.54. The van der Waals surface area contributed by atoms with E-state index in [-0.39, 0.29) is 10.6 Å². The molecule has 0 saturated carbocycles. The quantitative estimate of drug-likeness (QED) is 0.824. The minimum atomic E-state index is -3.94. The molecule has 2 aliphatic rings. The van der Waals surface area contributed by atoms with Crippen LogP contribution in [-0.4, -0.2) is 50.5 Å². The van der Waals surface area contributed by atoms with E-state index in [4.69, 9.17) is 0 Å². The van der Waals surface area contributed by atoms with Gasteiger partial charge in [-0.3, -0.25) is 9.62 Å². The Labute approximate surface area is 163 Å². The number of anilines is 2. The molecule has 1 unspecified atom stereocenters. The molecule has 1 N–H and O–H groups in total. The highest BCUT2D eigenvalue weighted by Gasteiger charge is 2.30. The predicted octanol–water partition coefficient (Wildman–Crippen LogP) is 2.84.